The van der Waals surface area contributed by atoms with Gasteiger partial charge in [0.05, 0.1) is 12.0 Å². The molecule has 3 heterocycles. The molecule has 2 aromatic heterocycles. The number of likely N-dealkylation sites (N-methyl/N-ethyl adjacent to an activating group) is 1. The first-order valence-electron chi connectivity index (χ1n) is 10.8. The van der Waals surface area contributed by atoms with Crippen molar-refractivity contribution in [3.05, 3.63) is 47.8 Å². The molecule has 1 atom stereocenters. The molecule has 1 aromatic carbocycles. The standard InChI is InChI=1S/C22H21F6N5.CH2O2/c1-33-8-2-3-15(12-33)30-20-18-11-29-7-6-17(18)19(31-32-20)16-5-4-14(22(26,27)28)9-13(16)10-21(23,24)25;2-1-3/h4-7,9,11,15H,2-3,8,10,12H2,1H3,(H,30,32);1H,(H,2,3)/t15-;/m1./s1. The van der Waals surface area contributed by atoms with Gasteiger partial charge in [-0.05, 0) is 50.2 Å². The Morgan fingerprint density at radius 2 is 1.86 bits per heavy atom. The van der Waals surface area contributed by atoms with Crippen LogP contribution in [0.1, 0.15) is 24.0 Å². The maximum absolute atomic E-state index is 13.2. The van der Waals surface area contributed by atoms with Crippen molar-refractivity contribution in [2.75, 3.05) is 25.5 Å². The van der Waals surface area contributed by atoms with E-state index in [0.717, 1.165) is 38.1 Å². The molecule has 1 saturated heterocycles. The highest BCUT2D eigenvalue weighted by Gasteiger charge is 2.34. The maximum atomic E-state index is 13.2. The van der Waals surface area contributed by atoms with E-state index in [9.17, 15) is 26.3 Å². The molecule has 0 saturated carbocycles. The molecule has 0 spiro atoms. The number of carbonyl (C=O) groups is 1. The fourth-order valence-electron chi connectivity index (χ4n) is 4.14. The number of carboxylic acid groups (broad SMARTS) is 1. The van der Waals surface area contributed by atoms with Crippen LogP contribution in [0.25, 0.3) is 22.0 Å². The van der Waals surface area contributed by atoms with Crippen LogP contribution in [-0.4, -0.2) is 64.0 Å². The maximum Gasteiger partial charge on any atom is 0.416 e. The molecule has 1 fully saturated rings. The van der Waals surface area contributed by atoms with Crippen LogP contribution in [0.4, 0.5) is 32.2 Å². The van der Waals surface area contributed by atoms with E-state index in [1.807, 2.05) is 7.05 Å². The zero-order valence-electron chi connectivity index (χ0n) is 19.1. The molecule has 36 heavy (non-hydrogen) atoms. The lowest BCUT2D eigenvalue weighted by atomic mass is 9.96. The Morgan fingerprint density at radius 3 is 2.50 bits per heavy atom. The summed E-state index contributed by atoms with van der Waals surface area (Å²) in [7, 11) is 2.01. The summed E-state index contributed by atoms with van der Waals surface area (Å²) in [4.78, 5) is 14.6. The van der Waals surface area contributed by atoms with Gasteiger partial charge in [-0.1, -0.05) is 6.07 Å². The molecule has 0 radical (unpaired) electrons. The average molecular weight is 515 g/mol. The third kappa shape index (κ3) is 6.80. The first-order valence-corrected chi connectivity index (χ1v) is 10.8. The number of pyridine rings is 1. The van der Waals surface area contributed by atoms with E-state index in [1.165, 1.54) is 12.4 Å². The van der Waals surface area contributed by atoms with Gasteiger partial charge >= 0.3 is 12.4 Å². The summed E-state index contributed by atoms with van der Waals surface area (Å²) in [5.74, 6) is 0.437. The quantitative estimate of drug-likeness (QED) is 0.372. The van der Waals surface area contributed by atoms with Crippen molar-refractivity contribution in [2.45, 2.75) is 37.7 Å². The van der Waals surface area contributed by atoms with Crippen LogP contribution >= 0.6 is 0 Å². The van der Waals surface area contributed by atoms with E-state index in [1.54, 1.807) is 6.07 Å². The Balaban J connectivity index is 0.00000115. The van der Waals surface area contributed by atoms with Gasteiger partial charge in [-0.15, -0.1) is 10.2 Å². The van der Waals surface area contributed by atoms with Crippen LogP contribution in [0.15, 0.2) is 36.7 Å². The number of anilines is 1. The van der Waals surface area contributed by atoms with Crippen molar-refractivity contribution in [1.82, 2.24) is 20.1 Å². The highest BCUT2D eigenvalue weighted by molar-refractivity contribution is 6.00. The minimum absolute atomic E-state index is 0.0482. The smallest absolute Gasteiger partial charge is 0.416 e. The van der Waals surface area contributed by atoms with Gasteiger partial charge in [0.2, 0.25) is 0 Å². The SMILES string of the molecule is CN1CCC[C@@H](Nc2nnc(-c3ccc(C(F)(F)F)cc3CC(F)(F)F)c3ccncc23)C1.O=CO. The van der Waals surface area contributed by atoms with Crippen LogP contribution in [-0.2, 0) is 17.4 Å². The molecule has 1 aliphatic heterocycles. The second-order valence-corrected chi connectivity index (χ2v) is 8.33. The Hall–Kier alpha value is -3.48. The first kappa shape index (κ1) is 27.1. The molecule has 1 aliphatic rings. The Bertz CT molecular complexity index is 1200. The molecular weight excluding hydrogens is 492 g/mol. The third-order valence-electron chi connectivity index (χ3n) is 5.63. The lowest BCUT2D eigenvalue weighted by Gasteiger charge is -2.30. The van der Waals surface area contributed by atoms with Gasteiger partial charge in [-0.3, -0.25) is 9.78 Å². The summed E-state index contributed by atoms with van der Waals surface area (Å²) in [5, 5.41) is 19.5. The number of hydrogen-bond acceptors (Lipinski definition) is 6. The van der Waals surface area contributed by atoms with Crippen molar-refractivity contribution in [2.24, 2.45) is 0 Å². The highest BCUT2D eigenvalue weighted by atomic mass is 19.4. The van der Waals surface area contributed by atoms with E-state index < -0.39 is 29.9 Å². The zero-order valence-corrected chi connectivity index (χ0v) is 19.1. The normalized spacial score (nSPS) is 16.8. The van der Waals surface area contributed by atoms with Crippen LogP contribution in [0.2, 0.25) is 0 Å². The van der Waals surface area contributed by atoms with Gasteiger partial charge in [0, 0.05) is 41.3 Å². The second kappa shape index (κ2) is 11.1. The summed E-state index contributed by atoms with van der Waals surface area (Å²) in [6, 6.07) is 4.00. The number of alkyl halides is 6. The van der Waals surface area contributed by atoms with Crippen molar-refractivity contribution < 1.29 is 36.2 Å². The van der Waals surface area contributed by atoms with Crippen LogP contribution in [0, 0.1) is 0 Å². The van der Waals surface area contributed by atoms with Gasteiger partial charge in [-0.25, -0.2) is 0 Å². The van der Waals surface area contributed by atoms with Crippen molar-refractivity contribution in [1.29, 1.82) is 0 Å². The minimum Gasteiger partial charge on any atom is -0.483 e. The molecule has 2 N–H and O–H groups in total. The highest BCUT2D eigenvalue weighted by Crippen LogP contribution is 2.38. The number of hydrogen-bond donors (Lipinski definition) is 2. The summed E-state index contributed by atoms with van der Waals surface area (Å²) in [6.07, 6.45) is -6.08. The van der Waals surface area contributed by atoms with Gasteiger partial charge in [0.25, 0.3) is 6.47 Å². The van der Waals surface area contributed by atoms with E-state index in [2.05, 4.69) is 25.4 Å². The van der Waals surface area contributed by atoms with Crippen molar-refractivity contribution in [3.8, 4) is 11.3 Å². The number of piperidine rings is 1. The molecule has 3 aromatic rings. The van der Waals surface area contributed by atoms with E-state index in [-0.39, 0.29) is 23.8 Å². The molecule has 0 aliphatic carbocycles. The van der Waals surface area contributed by atoms with Gasteiger partial charge < -0.3 is 15.3 Å². The largest absolute Gasteiger partial charge is 0.483 e. The monoisotopic (exact) mass is 515 g/mol. The second-order valence-electron chi connectivity index (χ2n) is 8.33. The fourth-order valence-corrected chi connectivity index (χ4v) is 4.14. The Morgan fingerprint density at radius 1 is 1.14 bits per heavy atom. The fraction of sp³-hybridized carbons (Fsp3) is 0.391. The number of aromatic nitrogens is 3. The first-order chi connectivity index (χ1) is 16.9. The van der Waals surface area contributed by atoms with Gasteiger partial charge in [-0.2, -0.15) is 26.3 Å². The molecule has 4 rings (SSSR count). The number of benzene rings is 1. The molecule has 0 bridgehead atoms. The van der Waals surface area contributed by atoms with E-state index >= 15 is 0 Å². The lowest BCUT2D eigenvalue weighted by Crippen LogP contribution is -2.40. The average Bonchev–Trinajstić information content (AvgIpc) is 2.78. The lowest BCUT2D eigenvalue weighted by molar-refractivity contribution is -0.138. The summed E-state index contributed by atoms with van der Waals surface area (Å²) >= 11 is 0. The van der Waals surface area contributed by atoms with Gasteiger partial charge in [0.15, 0.2) is 5.82 Å². The molecule has 194 valence electrons. The van der Waals surface area contributed by atoms with Crippen LogP contribution in [0.3, 0.4) is 0 Å². The third-order valence-corrected chi connectivity index (χ3v) is 5.63. The predicted molar refractivity (Wildman–Crippen MR) is 120 cm³/mol. The minimum atomic E-state index is -4.77. The summed E-state index contributed by atoms with van der Waals surface area (Å²) < 4.78 is 79.1. The number of fused-ring (bicyclic) bond motifs is 1. The predicted octanol–water partition coefficient (Wildman–Crippen LogP) is 5.02. The molecule has 0 amide bonds. The summed E-state index contributed by atoms with van der Waals surface area (Å²) in [5.41, 5.74) is -1.64. The molecule has 13 heteroatoms. The number of nitrogens with zero attached hydrogens (tertiary/aromatic N) is 4. The molecular formula is C23H23F6N5O2. The number of likely N-dealkylation sites (tertiary alicyclic amines) is 1. The van der Waals surface area contributed by atoms with Crippen LogP contribution in [0.5, 0.6) is 0 Å². The Kier molecular flexibility index (Phi) is 8.33. The Labute approximate surface area is 202 Å². The van der Waals surface area contributed by atoms with Crippen molar-refractivity contribution >= 4 is 23.1 Å². The molecule has 0 unspecified atom stereocenters. The van der Waals surface area contributed by atoms with E-state index in [4.69, 9.17) is 9.90 Å². The molecule has 7 nitrogen and oxygen atoms in total. The van der Waals surface area contributed by atoms with Gasteiger partial charge in [0.1, 0.15) is 5.69 Å². The zero-order chi connectivity index (χ0) is 26.5. The van der Waals surface area contributed by atoms with Crippen molar-refractivity contribution in [3.63, 3.8) is 0 Å². The topological polar surface area (TPSA) is 91.2 Å². The number of nitrogens with one attached hydrogen (secondary N) is 1. The number of rotatable bonds is 4. The van der Waals surface area contributed by atoms with E-state index in [0.29, 0.717) is 22.7 Å². The summed E-state index contributed by atoms with van der Waals surface area (Å²) in [6.45, 7) is 1.53. The van der Waals surface area contributed by atoms with Crippen LogP contribution < -0.4 is 5.32 Å². The number of halogens is 6.